The van der Waals surface area contributed by atoms with E-state index in [4.69, 9.17) is 4.74 Å². The Morgan fingerprint density at radius 1 is 1.21 bits per heavy atom. The minimum Gasteiger partial charge on any atom is -0.492 e. The van der Waals surface area contributed by atoms with Crippen LogP contribution >= 0.6 is 24.0 Å². The molecule has 0 aliphatic carbocycles. The molecule has 3 N–H and O–H groups in total. The molecule has 1 heterocycles. The first kappa shape index (κ1) is 24.7. The number of guanidine groups is 1. The molecule has 2 aromatic rings. The zero-order valence-corrected chi connectivity index (χ0v) is 19.8. The highest BCUT2D eigenvalue weighted by atomic mass is 127. The Bertz CT molecular complexity index is 806. The fourth-order valence-corrected chi connectivity index (χ4v) is 2.76. The Hall–Kier alpha value is -2.30. The number of halogens is 1. The van der Waals surface area contributed by atoms with Crippen molar-refractivity contribution in [1.29, 1.82) is 0 Å². The molecule has 1 aromatic carbocycles. The van der Waals surface area contributed by atoms with Gasteiger partial charge in [0.05, 0.1) is 12.2 Å². The van der Waals surface area contributed by atoms with Crippen LogP contribution in [0.3, 0.4) is 0 Å². The molecule has 2 rings (SSSR count). The number of benzene rings is 1. The fraction of sp³-hybridized carbons (Fsp3) is 0.450. The first-order valence-corrected chi connectivity index (χ1v) is 9.44. The normalized spacial score (nSPS) is 10.8. The highest BCUT2D eigenvalue weighted by Crippen LogP contribution is 2.16. The molecule has 0 unspecified atom stereocenters. The summed E-state index contributed by atoms with van der Waals surface area (Å²) in [6.07, 6.45) is 0.953. The molecule has 0 fully saturated rings. The molecule has 0 aliphatic rings. The zero-order valence-electron chi connectivity index (χ0n) is 17.5. The van der Waals surface area contributed by atoms with Crippen LogP contribution in [0.2, 0.25) is 0 Å². The van der Waals surface area contributed by atoms with Crippen LogP contribution in [0.15, 0.2) is 35.3 Å². The molecule has 0 saturated heterocycles. The molecule has 0 aliphatic heterocycles. The van der Waals surface area contributed by atoms with Gasteiger partial charge in [-0.3, -0.25) is 14.5 Å². The maximum atomic E-state index is 11.1. The Kier molecular flexibility index (Phi) is 11.1. The van der Waals surface area contributed by atoms with Crippen molar-refractivity contribution in [1.82, 2.24) is 20.4 Å². The molecular formula is C20H31IN6O2. The van der Waals surface area contributed by atoms with E-state index in [1.807, 2.05) is 29.8 Å². The van der Waals surface area contributed by atoms with Gasteiger partial charge in [-0.25, -0.2) is 0 Å². The Labute approximate surface area is 189 Å². The van der Waals surface area contributed by atoms with Crippen molar-refractivity contribution in [2.45, 2.75) is 33.7 Å². The molecule has 0 atom stereocenters. The van der Waals surface area contributed by atoms with Crippen molar-refractivity contribution >= 4 is 41.5 Å². The van der Waals surface area contributed by atoms with E-state index in [1.54, 1.807) is 13.1 Å². The van der Waals surface area contributed by atoms with Gasteiger partial charge in [0.2, 0.25) is 5.91 Å². The number of amides is 1. The number of hydrogen-bond acceptors (Lipinski definition) is 4. The van der Waals surface area contributed by atoms with Crippen LogP contribution in [-0.2, 0) is 11.3 Å². The van der Waals surface area contributed by atoms with Gasteiger partial charge in [-0.2, -0.15) is 5.10 Å². The van der Waals surface area contributed by atoms with Gasteiger partial charge in [0.25, 0.3) is 0 Å². The predicted molar refractivity (Wildman–Crippen MR) is 127 cm³/mol. The minimum atomic E-state index is -0.105. The number of aromatic nitrogens is 2. The average Bonchev–Trinajstić information content (AvgIpc) is 2.97. The van der Waals surface area contributed by atoms with Crippen molar-refractivity contribution in [3.05, 3.63) is 41.7 Å². The summed E-state index contributed by atoms with van der Waals surface area (Å²) in [5.74, 6) is 1.34. The fourth-order valence-electron chi connectivity index (χ4n) is 2.76. The predicted octanol–water partition coefficient (Wildman–Crippen LogP) is 2.71. The number of carbonyl (C=O) groups is 1. The summed E-state index contributed by atoms with van der Waals surface area (Å²) >= 11 is 0. The summed E-state index contributed by atoms with van der Waals surface area (Å²) in [5.41, 5.74) is 2.95. The van der Waals surface area contributed by atoms with E-state index >= 15 is 0 Å². The Morgan fingerprint density at radius 3 is 2.62 bits per heavy atom. The molecular weight excluding hydrogens is 483 g/mol. The summed E-state index contributed by atoms with van der Waals surface area (Å²) in [6.45, 7) is 8.32. The third kappa shape index (κ3) is 9.16. The number of hydrogen-bond donors (Lipinski definition) is 3. The van der Waals surface area contributed by atoms with Gasteiger partial charge in [-0.05, 0) is 38.5 Å². The van der Waals surface area contributed by atoms with Gasteiger partial charge in [0, 0.05) is 44.5 Å². The summed E-state index contributed by atoms with van der Waals surface area (Å²) in [5, 5.41) is 13.7. The molecule has 1 amide bonds. The maximum Gasteiger partial charge on any atom is 0.221 e. The van der Waals surface area contributed by atoms with Crippen molar-refractivity contribution in [2.24, 2.45) is 4.99 Å². The Balaban J connectivity index is 0.00000420. The van der Waals surface area contributed by atoms with E-state index in [0.717, 1.165) is 36.9 Å². The lowest BCUT2D eigenvalue weighted by Gasteiger charge is -2.13. The van der Waals surface area contributed by atoms with Gasteiger partial charge in [-0.1, -0.05) is 6.07 Å². The lowest BCUT2D eigenvalue weighted by Crippen LogP contribution is -2.39. The highest BCUT2D eigenvalue weighted by molar-refractivity contribution is 14.0. The smallest absolute Gasteiger partial charge is 0.221 e. The third-order valence-corrected chi connectivity index (χ3v) is 3.98. The molecule has 160 valence electrons. The van der Waals surface area contributed by atoms with Crippen LogP contribution in [-0.4, -0.2) is 48.4 Å². The number of anilines is 1. The molecule has 0 spiro atoms. The third-order valence-electron chi connectivity index (χ3n) is 3.98. The lowest BCUT2D eigenvalue weighted by molar-refractivity contribution is -0.114. The molecule has 0 saturated carbocycles. The van der Waals surface area contributed by atoms with Crippen molar-refractivity contribution < 1.29 is 9.53 Å². The van der Waals surface area contributed by atoms with E-state index < -0.39 is 0 Å². The second-order valence-electron chi connectivity index (χ2n) is 6.49. The molecule has 8 nitrogen and oxygen atoms in total. The number of aryl methyl sites for hydroxylation is 3. The SMILES string of the molecule is CN=C(NCCCn1nc(C)cc1C)NCCOc1cccc(NC(C)=O)c1.I. The first-order chi connectivity index (χ1) is 13.5. The monoisotopic (exact) mass is 514 g/mol. The van der Waals surface area contributed by atoms with Gasteiger partial charge in [-0.15, -0.1) is 24.0 Å². The average molecular weight is 514 g/mol. The van der Waals surface area contributed by atoms with E-state index in [9.17, 15) is 4.79 Å². The number of nitrogens with zero attached hydrogens (tertiary/aromatic N) is 3. The van der Waals surface area contributed by atoms with Crippen LogP contribution in [0.5, 0.6) is 5.75 Å². The first-order valence-electron chi connectivity index (χ1n) is 9.44. The zero-order chi connectivity index (χ0) is 20.4. The number of rotatable bonds is 9. The minimum absolute atomic E-state index is 0. The molecule has 29 heavy (non-hydrogen) atoms. The van der Waals surface area contributed by atoms with Gasteiger partial charge < -0.3 is 20.7 Å². The Morgan fingerprint density at radius 2 is 1.97 bits per heavy atom. The second kappa shape index (κ2) is 13.0. The number of ether oxygens (including phenoxy) is 1. The topological polar surface area (TPSA) is 92.6 Å². The van der Waals surface area contributed by atoms with E-state index in [-0.39, 0.29) is 29.9 Å². The van der Waals surface area contributed by atoms with E-state index in [2.05, 4.69) is 39.0 Å². The standard InChI is InChI=1S/C20H30N6O2.HI/c1-15-13-16(2)26(25-15)11-6-9-22-20(21-4)23-10-12-28-19-8-5-7-18(14-19)24-17(3)27;/h5,7-8,13-14H,6,9-12H2,1-4H3,(H,24,27)(H2,21,22,23);1H. The summed E-state index contributed by atoms with van der Waals surface area (Å²) < 4.78 is 7.74. The quantitative estimate of drug-likeness (QED) is 0.207. The van der Waals surface area contributed by atoms with Crippen molar-refractivity contribution in [3.8, 4) is 5.75 Å². The maximum absolute atomic E-state index is 11.1. The molecule has 1 aromatic heterocycles. The van der Waals surface area contributed by atoms with Crippen molar-refractivity contribution in [3.63, 3.8) is 0 Å². The second-order valence-corrected chi connectivity index (χ2v) is 6.49. The number of aliphatic imine (C=N–C) groups is 1. The van der Waals surface area contributed by atoms with Crippen molar-refractivity contribution in [2.75, 3.05) is 32.1 Å². The highest BCUT2D eigenvalue weighted by Gasteiger charge is 2.02. The summed E-state index contributed by atoms with van der Waals surface area (Å²) in [4.78, 5) is 15.3. The molecule has 0 bridgehead atoms. The largest absolute Gasteiger partial charge is 0.492 e. The van der Waals surface area contributed by atoms with Crippen LogP contribution in [0.1, 0.15) is 24.7 Å². The van der Waals surface area contributed by atoms with Crippen LogP contribution in [0.4, 0.5) is 5.69 Å². The summed E-state index contributed by atoms with van der Waals surface area (Å²) in [6, 6.07) is 9.41. The number of nitrogens with one attached hydrogen (secondary N) is 3. The number of carbonyl (C=O) groups excluding carboxylic acids is 1. The van der Waals surface area contributed by atoms with Gasteiger partial charge in [0.15, 0.2) is 5.96 Å². The van der Waals surface area contributed by atoms with Gasteiger partial charge >= 0.3 is 0 Å². The molecule has 0 radical (unpaired) electrons. The van der Waals surface area contributed by atoms with Crippen LogP contribution in [0.25, 0.3) is 0 Å². The van der Waals surface area contributed by atoms with E-state index in [1.165, 1.54) is 12.6 Å². The molecule has 9 heteroatoms. The lowest BCUT2D eigenvalue weighted by atomic mass is 10.3. The van der Waals surface area contributed by atoms with E-state index in [0.29, 0.717) is 18.9 Å². The van der Waals surface area contributed by atoms with Crippen LogP contribution in [0, 0.1) is 13.8 Å². The van der Waals surface area contributed by atoms with Gasteiger partial charge in [0.1, 0.15) is 12.4 Å². The van der Waals surface area contributed by atoms with Crippen LogP contribution < -0.4 is 20.7 Å². The summed E-state index contributed by atoms with van der Waals surface area (Å²) in [7, 11) is 1.74.